The van der Waals surface area contributed by atoms with E-state index in [-0.39, 0.29) is 16.5 Å². The van der Waals surface area contributed by atoms with Gasteiger partial charge in [0.05, 0.1) is 5.22 Å². The van der Waals surface area contributed by atoms with E-state index in [9.17, 15) is 4.79 Å². The van der Waals surface area contributed by atoms with Gasteiger partial charge in [-0.1, -0.05) is 54.3 Å². The molecule has 4 nitrogen and oxygen atoms in total. The molecule has 0 radical (unpaired) electrons. The Morgan fingerprint density at radius 1 is 1.12 bits per heavy atom. The van der Waals surface area contributed by atoms with Gasteiger partial charge in [-0.15, -0.1) is 0 Å². The average Bonchev–Trinajstić information content (AvgIpc) is 2.72. The number of amides is 1. The van der Waals surface area contributed by atoms with E-state index < -0.39 is 9.52 Å². The maximum atomic E-state index is 11.2. The van der Waals surface area contributed by atoms with Crippen molar-refractivity contribution in [1.82, 2.24) is 4.90 Å². The van der Waals surface area contributed by atoms with Crippen molar-refractivity contribution in [2.75, 3.05) is 18.4 Å². The minimum atomic E-state index is -0.703. The number of anilines is 1. The molecular formula is C29H40N2O2Si. The molecule has 2 rings (SSSR count). The number of benzene rings is 2. The lowest BCUT2D eigenvalue weighted by atomic mass is 9.98. The molecule has 0 aliphatic carbocycles. The van der Waals surface area contributed by atoms with Crippen LogP contribution in [0, 0.1) is 17.3 Å². The number of carbonyl (C=O) groups excluding carboxylic acids is 1. The topological polar surface area (TPSA) is 41.6 Å². The summed E-state index contributed by atoms with van der Waals surface area (Å²) in [5.74, 6) is 7.23. The van der Waals surface area contributed by atoms with E-state index in [0.29, 0.717) is 0 Å². The molecule has 2 aromatic rings. The first-order valence-electron chi connectivity index (χ1n) is 12.0. The Hall–Kier alpha value is -2.81. The molecule has 0 aliphatic heterocycles. The molecule has 0 unspecified atom stereocenters. The second-order valence-corrected chi connectivity index (χ2v) is 13.2. The second-order valence-electron chi connectivity index (χ2n) is 10.3. The molecule has 5 heteroatoms. The standard InChI is InChI=1S/C29H40N2O2Si/c1-8-31(20-11-9-10-19-28(3,4)5)22-24-13-12-14-26(21-24)33-29(6,7)34-27-17-15-25(16-18-27)30-23(2)32/h9,11-18,21H,8,20,22,34H2,1-7H3,(H,30,32)/b11-9+. The van der Waals surface area contributed by atoms with Crippen LogP contribution in [0.3, 0.4) is 0 Å². The Kier molecular flexibility index (Phi) is 10.2. The van der Waals surface area contributed by atoms with Crippen molar-refractivity contribution in [3.8, 4) is 17.6 Å². The van der Waals surface area contributed by atoms with Crippen LogP contribution in [0.25, 0.3) is 0 Å². The Balaban J connectivity index is 1.97. The molecule has 2 aromatic carbocycles. The Morgan fingerprint density at radius 3 is 2.44 bits per heavy atom. The first-order valence-corrected chi connectivity index (χ1v) is 13.4. The number of hydrogen-bond donors (Lipinski definition) is 1. The molecule has 0 heterocycles. The number of ether oxygens (including phenoxy) is 1. The highest BCUT2D eigenvalue weighted by Crippen LogP contribution is 2.20. The van der Waals surface area contributed by atoms with E-state index in [1.807, 2.05) is 24.3 Å². The normalized spacial score (nSPS) is 12.2. The summed E-state index contributed by atoms with van der Waals surface area (Å²) in [6, 6.07) is 16.5. The van der Waals surface area contributed by atoms with Crippen molar-refractivity contribution < 1.29 is 9.53 Å². The molecule has 0 atom stereocenters. The summed E-state index contributed by atoms with van der Waals surface area (Å²) in [5.41, 5.74) is 2.10. The highest BCUT2D eigenvalue weighted by molar-refractivity contribution is 6.56. The van der Waals surface area contributed by atoms with E-state index in [1.165, 1.54) is 17.7 Å². The number of nitrogens with zero attached hydrogens (tertiary/aromatic N) is 1. The molecule has 1 amide bonds. The predicted octanol–water partition coefficient (Wildman–Crippen LogP) is 4.68. The van der Waals surface area contributed by atoms with Gasteiger partial charge in [0.15, 0.2) is 0 Å². The molecule has 1 N–H and O–H groups in total. The van der Waals surface area contributed by atoms with Crippen molar-refractivity contribution in [2.24, 2.45) is 5.41 Å². The summed E-state index contributed by atoms with van der Waals surface area (Å²) in [6.45, 7) is 17.1. The fourth-order valence-electron chi connectivity index (χ4n) is 3.55. The predicted molar refractivity (Wildman–Crippen MR) is 147 cm³/mol. The van der Waals surface area contributed by atoms with Crippen LogP contribution in [0.5, 0.6) is 5.75 Å². The minimum Gasteiger partial charge on any atom is -0.492 e. The molecule has 0 aliphatic rings. The summed E-state index contributed by atoms with van der Waals surface area (Å²) in [6.07, 6.45) is 4.10. The van der Waals surface area contributed by atoms with Gasteiger partial charge in [-0.2, -0.15) is 0 Å². The third-order valence-electron chi connectivity index (χ3n) is 5.06. The van der Waals surface area contributed by atoms with Crippen molar-refractivity contribution in [3.05, 3.63) is 66.2 Å². The zero-order valence-electron chi connectivity index (χ0n) is 21.9. The van der Waals surface area contributed by atoms with Gasteiger partial charge in [0.25, 0.3) is 0 Å². The lowest BCUT2D eigenvalue weighted by molar-refractivity contribution is -0.114. The number of nitrogens with one attached hydrogen (secondary N) is 1. The van der Waals surface area contributed by atoms with Gasteiger partial charge in [-0.25, -0.2) is 0 Å². The van der Waals surface area contributed by atoms with Gasteiger partial charge in [0.2, 0.25) is 5.91 Å². The molecule has 0 saturated carbocycles. The number of likely N-dealkylation sites (N-methyl/N-ethyl adjacent to an activating group) is 1. The van der Waals surface area contributed by atoms with Crippen LogP contribution in [-0.4, -0.2) is 38.6 Å². The first kappa shape index (κ1) is 27.4. The van der Waals surface area contributed by atoms with Gasteiger partial charge in [-0.05, 0) is 77.1 Å². The molecule has 34 heavy (non-hydrogen) atoms. The third kappa shape index (κ3) is 10.9. The molecule has 0 saturated heterocycles. The van der Waals surface area contributed by atoms with Crippen LogP contribution < -0.4 is 15.2 Å². The highest BCUT2D eigenvalue weighted by atomic mass is 28.2. The smallest absolute Gasteiger partial charge is 0.221 e. The summed E-state index contributed by atoms with van der Waals surface area (Å²) < 4.78 is 6.44. The summed E-state index contributed by atoms with van der Waals surface area (Å²) in [5, 5.41) is 3.89. The average molecular weight is 477 g/mol. The quantitative estimate of drug-likeness (QED) is 0.400. The van der Waals surface area contributed by atoms with E-state index >= 15 is 0 Å². The summed E-state index contributed by atoms with van der Waals surface area (Å²) in [7, 11) is -0.703. The SMILES string of the molecule is CCN(C/C=C/C#CC(C)(C)C)Cc1cccc(OC(C)(C)[SiH2]c2ccc(NC(C)=O)cc2)c1. The number of allylic oxidation sites excluding steroid dienone is 1. The maximum Gasteiger partial charge on any atom is 0.221 e. The fourth-order valence-corrected chi connectivity index (χ4v) is 5.24. The molecule has 0 aromatic heterocycles. The second kappa shape index (κ2) is 12.6. The van der Waals surface area contributed by atoms with Crippen molar-refractivity contribution in [2.45, 2.75) is 60.2 Å². The van der Waals surface area contributed by atoms with Crippen molar-refractivity contribution >= 4 is 26.3 Å². The van der Waals surface area contributed by atoms with E-state index in [4.69, 9.17) is 4.74 Å². The van der Waals surface area contributed by atoms with Gasteiger partial charge in [0, 0.05) is 31.1 Å². The summed E-state index contributed by atoms with van der Waals surface area (Å²) in [4.78, 5) is 13.6. The number of rotatable bonds is 10. The Labute approximate surface area is 208 Å². The van der Waals surface area contributed by atoms with Crippen LogP contribution in [0.1, 0.15) is 54.0 Å². The zero-order valence-corrected chi connectivity index (χ0v) is 23.3. The van der Waals surface area contributed by atoms with Gasteiger partial charge in [0.1, 0.15) is 15.3 Å². The molecule has 0 fully saturated rings. The molecule has 182 valence electrons. The largest absolute Gasteiger partial charge is 0.492 e. The van der Waals surface area contributed by atoms with Gasteiger partial charge >= 0.3 is 0 Å². The van der Waals surface area contributed by atoms with Crippen molar-refractivity contribution in [1.29, 1.82) is 0 Å². The third-order valence-corrected chi connectivity index (χ3v) is 6.94. The van der Waals surface area contributed by atoms with Crippen molar-refractivity contribution in [3.63, 3.8) is 0 Å². The maximum absolute atomic E-state index is 11.2. The zero-order chi connectivity index (χ0) is 25.2. The lowest BCUT2D eigenvalue weighted by Crippen LogP contribution is -2.42. The molecular weight excluding hydrogens is 436 g/mol. The summed E-state index contributed by atoms with van der Waals surface area (Å²) >= 11 is 0. The van der Waals surface area contributed by atoms with Gasteiger partial charge in [-0.3, -0.25) is 9.69 Å². The number of hydrogen-bond acceptors (Lipinski definition) is 3. The van der Waals surface area contributed by atoms with E-state index in [2.05, 4.69) is 100 Å². The van der Waals surface area contributed by atoms with Crippen LogP contribution in [-0.2, 0) is 11.3 Å². The minimum absolute atomic E-state index is 0.0298. The van der Waals surface area contributed by atoms with E-state index in [1.54, 1.807) is 0 Å². The Morgan fingerprint density at radius 2 is 1.82 bits per heavy atom. The Bertz CT molecular complexity index is 1020. The monoisotopic (exact) mass is 476 g/mol. The van der Waals surface area contributed by atoms with Crippen LogP contribution in [0.4, 0.5) is 5.69 Å². The van der Waals surface area contributed by atoms with Crippen LogP contribution in [0.2, 0.25) is 0 Å². The molecule has 0 spiro atoms. The highest BCUT2D eigenvalue weighted by Gasteiger charge is 2.21. The number of carbonyl (C=O) groups is 1. The van der Waals surface area contributed by atoms with Gasteiger partial charge < -0.3 is 10.1 Å². The van der Waals surface area contributed by atoms with Crippen LogP contribution in [0.15, 0.2) is 60.7 Å². The van der Waals surface area contributed by atoms with E-state index in [0.717, 1.165) is 31.1 Å². The fraction of sp³-hybridized carbons (Fsp3) is 0.414. The molecule has 0 bridgehead atoms. The lowest BCUT2D eigenvalue weighted by Gasteiger charge is -2.27. The first-order chi connectivity index (χ1) is 16.0. The van der Waals surface area contributed by atoms with Crippen LogP contribution >= 0.6 is 0 Å².